The molecule has 0 heterocycles. The highest BCUT2D eigenvalue weighted by molar-refractivity contribution is 4.84. The molecule has 0 atom stereocenters. The summed E-state index contributed by atoms with van der Waals surface area (Å²) in [6.07, 6.45) is 4.73. The van der Waals surface area contributed by atoms with Gasteiger partial charge in [0.15, 0.2) is 0 Å². The van der Waals surface area contributed by atoms with Crippen LogP contribution in [0.5, 0.6) is 0 Å². The second kappa shape index (κ2) is 7.77. The van der Waals surface area contributed by atoms with E-state index in [0.717, 1.165) is 18.8 Å². The molecule has 0 aromatic heterocycles. The Kier molecular flexibility index (Phi) is 6.96. The Hall–Kier alpha value is -0.120. The minimum Gasteiger partial charge on any atom is -0.328 e. The zero-order valence-electron chi connectivity index (χ0n) is 14.3. The maximum Gasteiger partial charge on any atom is 0.285 e. The van der Waals surface area contributed by atoms with E-state index in [9.17, 15) is 0 Å². The van der Waals surface area contributed by atoms with E-state index in [1.807, 2.05) is 20.8 Å². The van der Waals surface area contributed by atoms with Crippen molar-refractivity contribution in [1.82, 2.24) is 0 Å². The molecule has 0 aromatic rings. The van der Waals surface area contributed by atoms with E-state index in [0.29, 0.717) is 31.2 Å². The van der Waals surface area contributed by atoms with Crippen LogP contribution in [0, 0.1) is 17.3 Å². The first kappa shape index (κ1) is 17.9. The fraction of sp³-hybridized carbons (Fsp3) is 1.00. The molecule has 0 aromatic carbocycles. The molecule has 0 saturated heterocycles. The summed E-state index contributed by atoms with van der Waals surface area (Å²) in [4.78, 5) is 0. The molecule has 1 saturated carbocycles. The fourth-order valence-electron chi connectivity index (χ4n) is 3.40. The van der Waals surface area contributed by atoms with Crippen molar-refractivity contribution in [2.24, 2.45) is 17.3 Å². The van der Waals surface area contributed by atoms with Gasteiger partial charge in [0, 0.05) is 25.7 Å². The van der Waals surface area contributed by atoms with Crippen LogP contribution >= 0.6 is 0 Å². The van der Waals surface area contributed by atoms with Crippen molar-refractivity contribution in [3.8, 4) is 0 Å². The first-order chi connectivity index (χ1) is 9.39. The number of ether oxygens (including phenoxy) is 3. The van der Waals surface area contributed by atoms with Crippen molar-refractivity contribution in [2.75, 3.05) is 19.8 Å². The molecule has 0 spiro atoms. The highest BCUT2D eigenvalue weighted by Gasteiger charge is 2.44. The summed E-state index contributed by atoms with van der Waals surface area (Å²) >= 11 is 0. The number of rotatable bonds is 7. The second-order valence-electron chi connectivity index (χ2n) is 6.82. The molecule has 20 heavy (non-hydrogen) atoms. The monoisotopic (exact) mass is 286 g/mol. The summed E-state index contributed by atoms with van der Waals surface area (Å²) in [6.45, 7) is 14.9. The Labute approximate surface area is 125 Å². The second-order valence-corrected chi connectivity index (χ2v) is 6.82. The Morgan fingerprint density at radius 2 is 1.05 bits per heavy atom. The van der Waals surface area contributed by atoms with Crippen molar-refractivity contribution >= 4 is 0 Å². The van der Waals surface area contributed by atoms with Crippen molar-refractivity contribution in [2.45, 2.75) is 73.2 Å². The molecule has 1 fully saturated rings. The lowest BCUT2D eigenvalue weighted by Gasteiger charge is -2.44. The van der Waals surface area contributed by atoms with Crippen LogP contribution in [0.15, 0.2) is 0 Å². The van der Waals surface area contributed by atoms with Crippen molar-refractivity contribution in [1.29, 1.82) is 0 Å². The first-order valence-corrected chi connectivity index (χ1v) is 8.31. The molecule has 0 aliphatic heterocycles. The van der Waals surface area contributed by atoms with Gasteiger partial charge in [0.05, 0.1) is 0 Å². The lowest BCUT2D eigenvalue weighted by atomic mass is 9.69. The van der Waals surface area contributed by atoms with Crippen LogP contribution in [0.3, 0.4) is 0 Å². The zero-order valence-corrected chi connectivity index (χ0v) is 14.3. The molecule has 1 rings (SSSR count). The van der Waals surface area contributed by atoms with Gasteiger partial charge in [0.25, 0.3) is 5.97 Å². The third-order valence-corrected chi connectivity index (χ3v) is 4.49. The summed E-state index contributed by atoms with van der Waals surface area (Å²) in [5, 5.41) is 0. The average Bonchev–Trinajstić information content (AvgIpc) is 2.38. The van der Waals surface area contributed by atoms with Crippen LogP contribution in [-0.4, -0.2) is 25.8 Å². The van der Waals surface area contributed by atoms with Crippen LogP contribution in [-0.2, 0) is 14.2 Å². The van der Waals surface area contributed by atoms with E-state index in [1.165, 1.54) is 12.8 Å². The molecule has 0 N–H and O–H groups in total. The zero-order chi connectivity index (χ0) is 15.2. The highest BCUT2D eigenvalue weighted by Crippen LogP contribution is 2.44. The van der Waals surface area contributed by atoms with Gasteiger partial charge in [-0.25, -0.2) is 0 Å². The Balaban J connectivity index is 2.73. The summed E-state index contributed by atoms with van der Waals surface area (Å²) in [5.74, 6) is 0.323. The van der Waals surface area contributed by atoms with Crippen LogP contribution in [0.1, 0.15) is 67.2 Å². The molecular weight excluding hydrogens is 252 g/mol. The van der Waals surface area contributed by atoms with Gasteiger partial charge in [-0.15, -0.1) is 0 Å². The van der Waals surface area contributed by atoms with Gasteiger partial charge in [0.2, 0.25) is 0 Å². The Bertz CT molecular complexity index is 245. The molecule has 3 heteroatoms. The summed E-state index contributed by atoms with van der Waals surface area (Å²) in [5.41, 5.74) is 0.399. The average molecular weight is 286 g/mol. The first-order valence-electron chi connectivity index (χ1n) is 8.31. The molecule has 120 valence electrons. The van der Waals surface area contributed by atoms with Crippen LogP contribution in [0.4, 0.5) is 0 Å². The standard InChI is InChI=1S/C17H34O3/c1-7-18-17(19-8-2,20-9-3)15-12-10-14(11-13-15)16(4,5)6/h14-15H,7-13H2,1-6H3. The lowest BCUT2D eigenvalue weighted by Crippen LogP contribution is -2.48. The predicted octanol–water partition coefficient (Wildman–Crippen LogP) is 4.60. The molecule has 1 aliphatic carbocycles. The third kappa shape index (κ3) is 4.44. The Morgan fingerprint density at radius 3 is 1.35 bits per heavy atom. The van der Waals surface area contributed by atoms with Gasteiger partial charge in [-0.2, -0.15) is 0 Å². The van der Waals surface area contributed by atoms with E-state index in [2.05, 4.69) is 20.8 Å². The van der Waals surface area contributed by atoms with Crippen LogP contribution in [0.25, 0.3) is 0 Å². The minimum absolute atomic E-state index is 0.348. The van der Waals surface area contributed by atoms with Gasteiger partial charge in [-0.3, -0.25) is 0 Å². The maximum absolute atomic E-state index is 5.93. The van der Waals surface area contributed by atoms with E-state index in [4.69, 9.17) is 14.2 Å². The largest absolute Gasteiger partial charge is 0.328 e. The van der Waals surface area contributed by atoms with Crippen molar-refractivity contribution in [3.63, 3.8) is 0 Å². The van der Waals surface area contributed by atoms with Gasteiger partial charge in [-0.05, 0) is 57.8 Å². The minimum atomic E-state index is -0.818. The van der Waals surface area contributed by atoms with Gasteiger partial charge >= 0.3 is 0 Å². The summed E-state index contributed by atoms with van der Waals surface area (Å²) in [6, 6.07) is 0. The van der Waals surface area contributed by atoms with Crippen LogP contribution < -0.4 is 0 Å². The molecule has 1 aliphatic rings. The summed E-state index contributed by atoms with van der Waals surface area (Å²) < 4.78 is 17.8. The molecule has 0 bridgehead atoms. The van der Waals surface area contributed by atoms with Crippen molar-refractivity contribution < 1.29 is 14.2 Å². The molecule has 0 amide bonds. The number of hydrogen-bond acceptors (Lipinski definition) is 3. The van der Waals surface area contributed by atoms with E-state index >= 15 is 0 Å². The topological polar surface area (TPSA) is 27.7 Å². The SMILES string of the molecule is CCOC(OCC)(OCC)C1CCC(C(C)(C)C)CC1. The smallest absolute Gasteiger partial charge is 0.285 e. The predicted molar refractivity (Wildman–Crippen MR) is 82.5 cm³/mol. The van der Waals surface area contributed by atoms with Crippen molar-refractivity contribution in [3.05, 3.63) is 0 Å². The van der Waals surface area contributed by atoms with Gasteiger partial charge in [-0.1, -0.05) is 20.8 Å². The Morgan fingerprint density at radius 1 is 0.700 bits per heavy atom. The third-order valence-electron chi connectivity index (χ3n) is 4.49. The van der Waals surface area contributed by atoms with Crippen LogP contribution in [0.2, 0.25) is 0 Å². The molecular formula is C17H34O3. The van der Waals surface area contributed by atoms with Gasteiger partial charge < -0.3 is 14.2 Å². The van der Waals surface area contributed by atoms with Gasteiger partial charge in [0.1, 0.15) is 0 Å². The highest BCUT2D eigenvalue weighted by atomic mass is 16.9. The summed E-state index contributed by atoms with van der Waals surface area (Å²) in [7, 11) is 0. The van der Waals surface area contributed by atoms with E-state index in [1.54, 1.807) is 0 Å². The fourth-order valence-corrected chi connectivity index (χ4v) is 3.40. The quantitative estimate of drug-likeness (QED) is 0.640. The number of hydrogen-bond donors (Lipinski definition) is 0. The lowest BCUT2D eigenvalue weighted by molar-refractivity contribution is -0.405. The molecule has 3 nitrogen and oxygen atoms in total. The molecule has 0 unspecified atom stereocenters. The maximum atomic E-state index is 5.93. The normalized spacial score (nSPS) is 24.9. The van der Waals surface area contributed by atoms with E-state index < -0.39 is 5.97 Å². The van der Waals surface area contributed by atoms with E-state index in [-0.39, 0.29) is 0 Å². The molecule has 0 radical (unpaired) electrons.